The molecule has 0 aromatic heterocycles. The van der Waals surface area contributed by atoms with E-state index in [1.165, 1.54) is 5.57 Å². The summed E-state index contributed by atoms with van der Waals surface area (Å²) in [5.41, 5.74) is 1.17. The second-order valence-electron chi connectivity index (χ2n) is 5.09. The first-order valence-electron chi connectivity index (χ1n) is 5.42. The standard InChI is InChI=1S/C11H20BBrO2/c1-8(2)6-10(13)12-14-9(3)7-11(4,5)15-12/h6,9-10H,7H2,1-5H3. The van der Waals surface area contributed by atoms with Crippen LogP contribution in [0.1, 0.15) is 41.0 Å². The van der Waals surface area contributed by atoms with E-state index in [4.69, 9.17) is 9.31 Å². The van der Waals surface area contributed by atoms with Crippen LogP contribution < -0.4 is 0 Å². The molecule has 15 heavy (non-hydrogen) atoms. The summed E-state index contributed by atoms with van der Waals surface area (Å²) in [5.74, 6) is 0. The van der Waals surface area contributed by atoms with Crippen LogP contribution in [0.5, 0.6) is 0 Å². The van der Waals surface area contributed by atoms with E-state index in [0.717, 1.165) is 6.42 Å². The summed E-state index contributed by atoms with van der Waals surface area (Å²) in [4.78, 5) is 0. The smallest absolute Gasteiger partial charge is 0.408 e. The lowest BCUT2D eigenvalue weighted by molar-refractivity contribution is -0.0281. The molecule has 1 rings (SSSR count). The summed E-state index contributed by atoms with van der Waals surface area (Å²) in [6, 6.07) is 0. The third-order valence-electron chi connectivity index (χ3n) is 2.33. The zero-order chi connectivity index (χ0) is 11.6. The minimum absolute atomic E-state index is 0.0934. The van der Waals surface area contributed by atoms with Gasteiger partial charge in [0.15, 0.2) is 0 Å². The van der Waals surface area contributed by atoms with E-state index in [9.17, 15) is 0 Å². The van der Waals surface area contributed by atoms with E-state index in [2.05, 4.69) is 56.6 Å². The minimum Gasteiger partial charge on any atom is -0.408 e. The first-order valence-corrected chi connectivity index (χ1v) is 6.34. The normalized spacial score (nSPS) is 27.3. The highest BCUT2D eigenvalue weighted by Gasteiger charge is 2.40. The molecule has 4 heteroatoms. The molecular formula is C11H20BBrO2. The van der Waals surface area contributed by atoms with Crippen LogP contribution in [0.4, 0.5) is 0 Å². The second-order valence-corrected chi connectivity index (χ2v) is 6.14. The van der Waals surface area contributed by atoms with E-state index >= 15 is 0 Å². The predicted molar refractivity (Wildman–Crippen MR) is 68.2 cm³/mol. The van der Waals surface area contributed by atoms with Gasteiger partial charge in [0.1, 0.15) is 0 Å². The Morgan fingerprint density at radius 3 is 2.60 bits per heavy atom. The summed E-state index contributed by atoms with van der Waals surface area (Å²) in [6.45, 7) is 10.5. The molecule has 86 valence electrons. The lowest BCUT2D eigenvalue weighted by Gasteiger charge is -2.39. The predicted octanol–water partition coefficient (Wildman–Crippen LogP) is 3.35. The lowest BCUT2D eigenvalue weighted by Crippen LogP contribution is -2.49. The maximum atomic E-state index is 5.89. The Bertz CT molecular complexity index is 249. The van der Waals surface area contributed by atoms with Gasteiger partial charge in [0.05, 0.1) is 10.3 Å². The highest BCUT2D eigenvalue weighted by molar-refractivity contribution is 9.10. The molecule has 2 unspecified atom stereocenters. The van der Waals surface area contributed by atoms with Crippen molar-refractivity contribution in [2.75, 3.05) is 0 Å². The van der Waals surface area contributed by atoms with Crippen LogP contribution in [-0.4, -0.2) is 23.5 Å². The van der Waals surface area contributed by atoms with E-state index in [0.29, 0.717) is 0 Å². The number of rotatable bonds is 2. The number of halogens is 1. The van der Waals surface area contributed by atoms with Gasteiger partial charge in [0.25, 0.3) is 0 Å². The van der Waals surface area contributed by atoms with Gasteiger partial charge in [0, 0.05) is 6.10 Å². The van der Waals surface area contributed by atoms with Gasteiger partial charge in [-0.2, -0.15) is 0 Å². The SMILES string of the molecule is CC(C)=CC(Br)B1OC(C)CC(C)(C)O1. The molecule has 0 saturated carbocycles. The van der Waals surface area contributed by atoms with Gasteiger partial charge < -0.3 is 9.31 Å². The lowest BCUT2D eigenvalue weighted by atomic mass is 9.78. The van der Waals surface area contributed by atoms with Crippen molar-refractivity contribution >= 4 is 23.0 Å². The van der Waals surface area contributed by atoms with Crippen molar-refractivity contribution in [1.29, 1.82) is 0 Å². The van der Waals surface area contributed by atoms with Gasteiger partial charge in [-0.3, -0.25) is 0 Å². The van der Waals surface area contributed by atoms with Crippen molar-refractivity contribution in [3.63, 3.8) is 0 Å². The van der Waals surface area contributed by atoms with Gasteiger partial charge in [0.2, 0.25) is 0 Å². The fourth-order valence-electron chi connectivity index (χ4n) is 1.90. The average molecular weight is 275 g/mol. The largest absolute Gasteiger partial charge is 0.476 e. The van der Waals surface area contributed by atoms with E-state index < -0.39 is 0 Å². The Hall–Kier alpha value is 0.205. The van der Waals surface area contributed by atoms with Crippen LogP contribution in [0, 0.1) is 0 Å². The zero-order valence-electron chi connectivity index (χ0n) is 10.2. The molecule has 1 heterocycles. The molecule has 0 aliphatic carbocycles. The molecular weight excluding hydrogens is 255 g/mol. The molecule has 0 aromatic carbocycles. The Morgan fingerprint density at radius 1 is 1.53 bits per heavy atom. The Kier molecular flexibility index (Phi) is 4.44. The third kappa shape index (κ3) is 4.29. The molecule has 0 aromatic rings. The quantitative estimate of drug-likeness (QED) is 0.437. The second kappa shape index (κ2) is 5.02. The molecule has 1 aliphatic rings. The van der Waals surface area contributed by atoms with Crippen molar-refractivity contribution < 1.29 is 9.31 Å². The summed E-state index contributed by atoms with van der Waals surface area (Å²) in [5, 5.41) is 0. The van der Waals surface area contributed by atoms with Crippen LogP contribution in [0.3, 0.4) is 0 Å². The number of hydrogen-bond donors (Lipinski definition) is 0. The summed E-state index contributed by atoms with van der Waals surface area (Å²) < 4.78 is 11.8. The van der Waals surface area contributed by atoms with Gasteiger partial charge in [-0.05, 0) is 41.0 Å². The molecule has 0 radical (unpaired) electrons. The number of allylic oxidation sites excluding steroid dienone is 2. The number of alkyl halides is 1. The maximum absolute atomic E-state index is 5.89. The van der Waals surface area contributed by atoms with Gasteiger partial charge in [-0.25, -0.2) is 0 Å². The Morgan fingerprint density at radius 2 is 2.13 bits per heavy atom. The summed E-state index contributed by atoms with van der Waals surface area (Å²) in [7, 11) is -0.182. The summed E-state index contributed by atoms with van der Waals surface area (Å²) >= 11 is 3.59. The van der Waals surface area contributed by atoms with E-state index in [1.54, 1.807) is 0 Å². The van der Waals surface area contributed by atoms with Crippen molar-refractivity contribution in [3.8, 4) is 0 Å². The third-order valence-corrected chi connectivity index (χ3v) is 3.03. The van der Waals surface area contributed by atoms with Crippen LogP contribution in [0.15, 0.2) is 11.6 Å². The average Bonchev–Trinajstić information content (AvgIpc) is 1.98. The highest BCUT2D eigenvalue weighted by Crippen LogP contribution is 2.29. The first kappa shape index (κ1) is 13.3. The number of hydrogen-bond acceptors (Lipinski definition) is 2. The molecule has 0 spiro atoms. The topological polar surface area (TPSA) is 18.5 Å². The Labute approximate surface area is 102 Å². The van der Waals surface area contributed by atoms with Crippen molar-refractivity contribution in [2.24, 2.45) is 0 Å². The highest BCUT2D eigenvalue weighted by atomic mass is 79.9. The molecule has 1 fully saturated rings. The fourth-order valence-corrected chi connectivity index (χ4v) is 2.66. The molecule has 0 N–H and O–H groups in total. The maximum Gasteiger partial charge on any atom is 0.476 e. The summed E-state index contributed by atoms with van der Waals surface area (Å²) in [6.07, 6.45) is 3.32. The molecule has 1 aliphatic heterocycles. The fraction of sp³-hybridized carbons (Fsp3) is 0.818. The van der Waals surface area contributed by atoms with Gasteiger partial charge in [-0.15, -0.1) is 0 Å². The van der Waals surface area contributed by atoms with Crippen molar-refractivity contribution in [2.45, 2.75) is 57.5 Å². The monoisotopic (exact) mass is 274 g/mol. The molecule has 0 bridgehead atoms. The van der Waals surface area contributed by atoms with Crippen LogP contribution in [0.25, 0.3) is 0 Å². The van der Waals surface area contributed by atoms with E-state index in [1.807, 2.05) is 0 Å². The zero-order valence-corrected chi connectivity index (χ0v) is 11.8. The van der Waals surface area contributed by atoms with Crippen LogP contribution >= 0.6 is 15.9 Å². The van der Waals surface area contributed by atoms with Crippen molar-refractivity contribution in [3.05, 3.63) is 11.6 Å². The van der Waals surface area contributed by atoms with E-state index in [-0.39, 0.29) is 23.5 Å². The van der Waals surface area contributed by atoms with Gasteiger partial charge >= 0.3 is 7.12 Å². The minimum atomic E-state index is -0.182. The molecule has 2 nitrogen and oxygen atoms in total. The van der Waals surface area contributed by atoms with Gasteiger partial charge in [-0.1, -0.05) is 27.6 Å². The first-order chi connectivity index (χ1) is 6.80. The molecule has 0 amide bonds. The van der Waals surface area contributed by atoms with Crippen molar-refractivity contribution in [1.82, 2.24) is 0 Å². The molecule has 2 atom stereocenters. The Balaban J connectivity index is 2.66. The molecule has 1 saturated heterocycles. The van der Waals surface area contributed by atoms with Crippen LogP contribution in [0.2, 0.25) is 0 Å². The van der Waals surface area contributed by atoms with Crippen LogP contribution in [-0.2, 0) is 9.31 Å².